The van der Waals surface area contributed by atoms with Crippen LogP contribution >= 0.6 is 0 Å². The monoisotopic (exact) mass is 277 g/mol. The number of nitrogen functional groups attached to an aromatic ring is 1. The van der Waals surface area contributed by atoms with Crippen LogP contribution < -0.4 is 16.2 Å². The van der Waals surface area contributed by atoms with E-state index in [4.69, 9.17) is 10.9 Å². The highest BCUT2D eigenvalue weighted by atomic mass is 32.2. The van der Waals surface area contributed by atoms with Crippen molar-refractivity contribution < 1.29 is 8.42 Å². The average molecular weight is 277 g/mol. The fraction of sp³-hybridized carbons (Fsp3) is 0.0769. The Bertz CT molecular complexity index is 667. The van der Waals surface area contributed by atoms with E-state index in [1.807, 2.05) is 24.3 Å². The Morgan fingerprint density at radius 2 is 1.74 bits per heavy atom. The Kier molecular flexibility index (Phi) is 3.73. The van der Waals surface area contributed by atoms with E-state index >= 15 is 0 Å². The molecule has 0 spiro atoms. The minimum atomic E-state index is -3.63. The zero-order chi connectivity index (χ0) is 13.9. The minimum Gasteiger partial charge on any atom is -0.399 e. The first-order valence-corrected chi connectivity index (χ1v) is 7.21. The molecule has 0 unspecified atom stereocenters. The number of anilines is 2. The van der Waals surface area contributed by atoms with Gasteiger partial charge >= 0.3 is 0 Å². The van der Waals surface area contributed by atoms with Crippen LogP contribution in [0.1, 0.15) is 5.56 Å². The van der Waals surface area contributed by atoms with Gasteiger partial charge < -0.3 is 11.1 Å². The fourth-order valence-electron chi connectivity index (χ4n) is 1.65. The number of rotatable bonds is 4. The summed E-state index contributed by atoms with van der Waals surface area (Å²) >= 11 is 0. The summed E-state index contributed by atoms with van der Waals surface area (Å²) in [6.45, 7) is 0.578. The van der Waals surface area contributed by atoms with Gasteiger partial charge in [-0.3, -0.25) is 0 Å². The van der Waals surface area contributed by atoms with Gasteiger partial charge in [-0.25, -0.2) is 13.6 Å². The quantitative estimate of drug-likeness (QED) is 0.738. The second-order valence-electron chi connectivity index (χ2n) is 4.17. The molecule has 0 aliphatic carbocycles. The highest BCUT2D eigenvalue weighted by Gasteiger charge is 2.06. The van der Waals surface area contributed by atoms with E-state index < -0.39 is 10.0 Å². The predicted molar refractivity (Wildman–Crippen MR) is 76.0 cm³/mol. The molecule has 0 saturated carbocycles. The second-order valence-corrected chi connectivity index (χ2v) is 5.73. The summed E-state index contributed by atoms with van der Waals surface area (Å²) in [6.07, 6.45) is 0. The lowest BCUT2D eigenvalue weighted by Crippen LogP contribution is -2.12. The van der Waals surface area contributed by atoms with E-state index in [1.54, 1.807) is 12.1 Å². The van der Waals surface area contributed by atoms with Gasteiger partial charge in [0.25, 0.3) is 0 Å². The highest BCUT2D eigenvalue weighted by molar-refractivity contribution is 7.89. The zero-order valence-electron chi connectivity index (χ0n) is 10.2. The lowest BCUT2D eigenvalue weighted by atomic mass is 10.2. The van der Waals surface area contributed by atoms with Crippen molar-refractivity contribution >= 4 is 21.4 Å². The Morgan fingerprint density at radius 1 is 1.05 bits per heavy atom. The zero-order valence-corrected chi connectivity index (χ0v) is 11.0. The third kappa shape index (κ3) is 3.70. The molecule has 0 radical (unpaired) electrons. The Balaban J connectivity index is 2.05. The molecular formula is C13H15N3O2S. The maximum atomic E-state index is 11.1. The van der Waals surface area contributed by atoms with Crippen LogP contribution in [-0.2, 0) is 16.6 Å². The van der Waals surface area contributed by atoms with Gasteiger partial charge in [-0.2, -0.15) is 0 Å². The summed E-state index contributed by atoms with van der Waals surface area (Å²) in [6, 6.07) is 13.8. The molecule has 2 rings (SSSR count). The molecule has 0 aliphatic rings. The van der Waals surface area contributed by atoms with Crippen molar-refractivity contribution in [3.8, 4) is 0 Å². The van der Waals surface area contributed by atoms with Crippen LogP contribution in [0.5, 0.6) is 0 Å². The minimum absolute atomic E-state index is 0.111. The van der Waals surface area contributed by atoms with Gasteiger partial charge in [0.05, 0.1) is 4.90 Å². The highest BCUT2D eigenvalue weighted by Crippen LogP contribution is 2.14. The molecule has 0 aromatic heterocycles. The normalized spacial score (nSPS) is 11.2. The van der Waals surface area contributed by atoms with Crippen molar-refractivity contribution in [2.24, 2.45) is 5.14 Å². The summed E-state index contributed by atoms with van der Waals surface area (Å²) in [5, 5.41) is 8.23. The van der Waals surface area contributed by atoms with Crippen LogP contribution in [-0.4, -0.2) is 8.42 Å². The molecule has 6 heteroatoms. The van der Waals surface area contributed by atoms with Crippen molar-refractivity contribution in [3.05, 3.63) is 54.1 Å². The van der Waals surface area contributed by atoms with Crippen LogP contribution in [0.3, 0.4) is 0 Å². The van der Waals surface area contributed by atoms with Crippen LogP contribution in [0.15, 0.2) is 53.4 Å². The summed E-state index contributed by atoms with van der Waals surface area (Å²) in [7, 11) is -3.63. The molecule has 0 bridgehead atoms. The standard InChI is InChI=1S/C13H15N3O2S/c14-11-2-1-3-12(8-11)16-9-10-4-6-13(7-5-10)19(15,17)18/h1-8,16H,9,14H2,(H2,15,17,18). The number of benzene rings is 2. The van der Waals surface area contributed by atoms with Gasteiger partial charge in [-0.1, -0.05) is 18.2 Å². The molecule has 100 valence electrons. The van der Waals surface area contributed by atoms with E-state index in [9.17, 15) is 8.42 Å². The molecule has 2 aromatic carbocycles. The van der Waals surface area contributed by atoms with E-state index in [2.05, 4.69) is 5.32 Å². The summed E-state index contributed by atoms with van der Waals surface area (Å²) < 4.78 is 22.2. The van der Waals surface area contributed by atoms with Crippen LogP contribution in [0.4, 0.5) is 11.4 Å². The number of sulfonamides is 1. The largest absolute Gasteiger partial charge is 0.399 e. The van der Waals surface area contributed by atoms with Crippen LogP contribution in [0.2, 0.25) is 0 Å². The van der Waals surface area contributed by atoms with E-state index in [-0.39, 0.29) is 4.90 Å². The van der Waals surface area contributed by atoms with Gasteiger partial charge in [-0.15, -0.1) is 0 Å². The van der Waals surface area contributed by atoms with Gasteiger partial charge in [0.1, 0.15) is 0 Å². The molecule has 0 saturated heterocycles. The summed E-state index contributed by atoms with van der Waals surface area (Å²) in [5.74, 6) is 0. The number of hydrogen-bond donors (Lipinski definition) is 3. The predicted octanol–water partition coefficient (Wildman–Crippen LogP) is 1.53. The Morgan fingerprint density at radius 3 is 2.32 bits per heavy atom. The fourth-order valence-corrected chi connectivity index (χ4v) is 2.17. The van der Waals surface area contributed by atoms with E-state index in [0.717, 1.165) is 11.3 Å². The van der Waals surface area contributed by atoms with Gasteiger partial charge in [-0.05, 0) is 35.9 Å². The molecule has 5 nitrogen and oxygen atoms in total. The topological polar surface area (TPSA) is 98.2 Å². The maximum Gasteiger partial charge on any atom is 0.238 e. The molecule has 0 amide bonds. The lowest BCUT2D eigenvalue weighted by Gasteiger charge is -2.07. The second kappa shape index (κ2) is 5.29. The van der Waals surface area contributed by atoms with Gasteiger partial charge in [0.2, 0.25) is 10.0 Å². The van der Waals surface area contributed by atoms with Gasteiger partial charge in [0.15, 0.2) is 0 Å². The molecular weight excluding hydrogens is 262 g/mol. The van der Waals surface area contributed by atoms with Crippen molar-refractivity contribution in [2.75, 3.05) is 11.1 Å². The van der Waals surface area contributed by atoms with Crippen molar-refractivity contribution in [1.29, 1.82) is 0 Å². The van der Waals surface area contributed by atoms with E-state index in [1.165, 1.54) is 12.1 Å². The average Bonchev–Trinajstić information content (AvgIpc) is 2.36. The molecule has 0 atom stereocenters. The lowest BCUT2D eigenvalue weighted by molar-refractivity contribution is 0.598. The Labute approximate surface area is 112 Å². The summed E-state index contributed by atoms with van der Waals surface area (Å²) in [5.41, 5.74) is 8.23. The van der Waals surface area contributed by atoms with E-state index in [0.29, 0.717) is 12.2 Å². The molecule has 0 heterocycles. The first-order chi connectivity index (χ1) is 8.95. The Hall–Kier alpha value is -2.05. The number of nitrogens with one attached hydrogen (secondary N) is 1. The molecule has 0 aliphatic heterocycles. The smallest absolute Gasteiger partial charge is 0.238 e. The molecule has 0 fully saturated rings. The molecule has 2 aromatic rings. The first-order valence-electron chi connectivity index (χ1n) is 5.66. The number of hydrogen-bond acceptors (Lipinski definition) is 4. The summed E-state index contributed by atoms with van der Waals surface area (Å²) in [4.78, 5) is 0.111. The maximum absolute atomic E-state index is 11.1. The molecule has 19 heavy (non-hydrogen) atoms. The van der Waals surface area contributed by atoms with Gasteiger partial charge in [0, 0.05) is 17.9 Å². The third-order valence-electron chi connectivity index (χ3n) is 2.64. The van der Waals surface area contributed by atoms with Crippen molar-refractivity contribution in [3.63, 3.8) is 0 Å². The van der Waals surface area contributed by atoms with Crippen LogP contribution in [0, 0.1) is 0 Å². The SMILES string of the molecule is Nc1cccc(NCc2ccc(S(N)(=O)=O)cc2)c1. The number of nitrogens with two attached hydrogens (primary N) is 2. The first kappa shape index (κ1) is 13.4. The molecule has 5 N–H and O–H groups in total. The third-order valence-corrected chi connectivity index (χ3v) is 3.56. The number of primary sulfonamides is 1. The van der Waals surface area contributed by atoms with Crippen molar-refractivity contribution in [1.82, 2.24) is 0 Å². The van der Waals surface area contributed by atoms with Crippen molar-refractivity contribution in [2.45, 2.75) is 11.4 Å². The van der Waals surface area contributed by atoms with Crippen LogP contribution in [0.25, 0.3) is 0 Å².